The lowest BCUT2D eigenvalue weighted by molar-refractivity contribution is 0.447. The number of fused-ring (bicyclic) bond motifs is 1. The Morgan fingerprint density at radius 1 is 1.26 bits per heavy atom. The van der Waals surface area contributed by atoms with Crippen LogP contribution in [0.25, 0.3) is 0 Å². The molecule has 0 bridgehead atoms. The molecule has 0 unspecified atom stereocenters. The van der Waals surface area contributed by atoms with E-state index in [0.29, 0.717) is 31.3 Å². The highest BCUT2D eigenvalue weighted by atomic mass is 32.2. The lowest BCUT2D eigenvalue weighted by Crippen LogP contribution is -2.34. The summed E-state index contributed by atoms with van der Waals surface area (Å²) in [6.07, 6.45) is 2.20. The SMILES string of the molecule is O=S(=O)(CCc1ccccn1)N1C[C@H]2CNC[C@H]2C1. The van der Waals surface area contributed by atoms with Gasteiger partial charge in [-0.15, -0.1) is 0 Å². The molecular weight excluding hydrogens is 262 g/mol. The number of rotatable bonds is 4. The molecule has 6 heteroatoms. The van der Waals surface area contributed by atoms with Crippen molar-refractivity contribution >= 4 is 10.0 Å². The van der Waals surface area contributed by atoms with Gasteiger partial charge in [0.15, 0.2) is 0 Å². The van der Waals surface area contributed by atoms with Crippen LogP contribution < -0.4 is 5.32 Å². The molecule has 2 saturated heterocycles. The lowest BCUT2D eigenvalue weighted by Gasteiger charge is -2.17. The van der Waals surface area contributed by atoms with E-state index in [0.717, 1.165) is 18.8 Å². The minimum Gasteiger partial charge on any atom is -0.316 e. The van der Waals surface area contributed by atoms with E-state index in [9.17, 15) is 8.42 Å². The molecule has 0 saturated carbocycles. The first kappa shape index (κ1) is 13.0. The van der Waals surface area contributed by atoms with Crippen LogP contribution >= 0.6 is 0 Å². The van der Waals surface area contributed by atoms with Gasteiger partial charge >= 0.3 is 0 Å². The highest BCUT2D eigenvalue weighted by Crippen LogP contribution is 2.28. The summed E-state index contributed by atoms with van der Waals surface area (Å²) >= 11 is 0. The number of aromatic nitrogens is 1. The number of pyridine rings is 1. The number of aryl methyl sites for hydroxylation is 1. The van der Waals surface area contributed by atoms with E-state index in [-0.39, 0.29) is 5.75 Å². The van der Waals surface area contributed by atoms with Crippen molar-refractivity contribution in [3.63, 3.8) is 0 Å². The Balaban J connectivity index is 1.61. The zero-order chi connectivity index (χ0) is 13.3. The van der Waals surface area contributed by atoms with Crippen LogP contribution in [0.3, 0.4) is 0 Å². The summed E-state index contributed by atoms with van der Waals surface area (Å²) in [5, 5.41) is 3.32. The summed E-state index contributed by atoms with van der Waals surface area (Å²) in [6, 6.07) is 5.60. The van der Waals surface area contributed by atoms with Crippen LogP contribution in [-0.4, -0.2) is 49.6 Å². The predicted molar refractivity (Wildman–Crippen MR) is 73.2 cm³/mol. The van der Waals surface area contributed by atoms with Gasteiger partial charge in [0.2, 0.25) is 10.0 Å². The number of nitrogens with one attached hydrogen (secondary N) is 1. The van der Waals surface area contributed by atoms with Gasteiger partial charge in [-0.05, 0) is 37.1 Å². The summed E-state index contributed by atoms with van der Waals surface area (Å²) in [4.78, 5) is 4.17. The molecule has 5 nitrogen and oxygen atoms in total. The monoisotopic (exact) mass is 281 g/mol. The maximum Gasteiger partial charge on any atom is 0.214 e. The predicted octanol–water partition coefficient (Wildman–Crippen LogP) is 0.105. The van der Waals surface area contributed by atoms with Crippen molar-refractivity contribution in [1.82, 2.24) is 14.6 Å². The van der Waals surface area contributed by atoms with Gasteiger partial charge < -0.3 is 5.32 Å². The van der Waals surface area contributed by atoms with Gasteiger partial charge in [-0.1, -0.05) is 6.07 Å². The fourth-order valence-corrected chi connectivity index (χ4v) is 4.51. The summed E-state index contributed by atoms with van der Waals surface area (Å²) in [5.74, 6) is 1.17. The van der Waals surface area contributed by atoms with Crippen LogP contribution in [0.4, 0.5) is 0 Å². The molecule has 3 rings (SSSR count). The quantitative estimate of drug-likeness (QED) is 0.850. The average molecular weight is 281 g/mol. The molecule has 104 valence electrons. The third-order valence-corrected chi connectivity index (χ3v) is 5.90. The molecule has 0 radical (unpaired) electrons. The van der Waals surface area contributed by atoms with E-state index in [4.69, 9.17) is 0 Å². The van der Waals surface area contributed by atoms with Crippen LogP contribution in [0.1, 0.15) is 5.69 Å². The Morgan fingerprint density at radius 3 is 2.63 bits per heavy atom. The first-order valence-electron chi connectivity index (χ1n) is 6.73. The Morgan fingerprint density at radius 2 is 2.00 bits per heavy atom. The van der Waals surface area contributed by atoms with E-state index in [1.165, 1.54) is 0 Å². The van der Waals surface area contributed by atoms with Crippen LogP contribution in [0, 0.1) is 11.8 Å². The van der Waals surface area contributed by atoms with Crippen LogP contribution in [0.5, 0.6) is 0 Å². The minimum atomic E-state index is -3.13. The summed E-state index contributed by atoms with van der Waals surface area (Å²) in [5.41, 5.74) is 0.840. The molecule has 1 aromatic heterocycles. The lowest BCUT2D eigenvalue weighted by atomic mass is 10.0. The molecule has 2 atom stereocenters. The maximum atomic E-state index is 12.3. The maximum absolute atomic E-state index is 12.3. The molecule has 1 aromatic rings. The van der Waals surface area contributed by atoms with Crippen molar-refractivity contribution in [2.75, 3.05) is 31.9 Å². The zero-order valence-corrected chi connectivity index (χ0v) is 11.6. The van der Waals surface area contributed by atoms with Crippen molar-refractivity contribution in [1.29, 1.82) is 0 Å². The van der Waals surface area contributed by atoms with Crippen molar-refractivity contribution in [3.05, 3.63) is 30.1 Å². The molecule has 0 amide bonds. The van der Waals surface area contributed by atoms with Crippen molar-refractivity contribution < 1.29 is 8.42 Å². The van der Waals surface area contributed by atoms with E-state index < -0.39 is 10.0 Å². The standard InChI is InChI=1S/C13H19N3O2S/c17-19(18,6-4-13-3-1-2-5-15-13)16-9-11-7-14-8-12(11)10-16/h1-3,5,11-12,14H,4,6-10H2/t11-,12+. The highest BCUT2D eigenvalue weighted by Gasteiger charge is 2.40. The summed E-state index contributed by atoms with van der Waals surface area (Å²) in [6.45, 7) is 3.28. The van der Waals surface area contributed by atoms with E-state index >= 15 is 0 Å². The average Bonchev–Trinajstić information content (AvgIpc) is 2.99. The van der Waals surface area contributed by atoms with Crippen LogP contribution in [0.15, 0.2) is 24.4 Å². The van der Waals surface area contributed by atoms with Crippen molar-refractivity contribution in [2.45, 2.75) is 6.42 Å². The fourth-order valence-electron chi connectivity index (χ4n) is 2.95. The van der Waals surface area contributed by atoms with Gasteiger partial charge in [-0.25, -0.2) is 12.7 Å². The third-order valence-electron chi connectivity index (χ3n) is 4.09. The normalized spacial score (nSPS) is 27.6. The molecule has 0 aromatic carbocycles. The molecule has 19 heavy (non-hydrogen) atoms. The molecule has 2 fully saturated rings. The van der Waals surface area contributed by atoms with Gasteiger partial charge in [0.05, 0.1) is 5.75 Å². The molecule has 3 heterocycles. The van der Waals surface area contributed by atoms with Gasteiger partial charge in [0, 0.05) is 31.4 Å². The second kappa shape index (κ2) is 5.19. The third kappa shape index (κ3) is 2.80. The minimum absolute atomic E-state index is 0.164. The Kier molecular flexibility index (Phi) is 3.56. The number of sulfonamides is 1. The largest absolute Gasteiger partial charge is 0.316 e. The van der Waals surface area contributed by atoms with Gasteiger partial charge in [-0.3, -0.25) is 4.98 Å². The number of hydrogen-bond acceptors (Lipinski definition) is 4. The van der Waals surface area contributed by atoms with Crippen LogP contribution in [0.2, 0.25) is 0 Å². The molecule has 2 aliphatic rings. The van der Waals surface area contributed by atoms with Gasteiger partial charge in [0.1, 0.15) is 0 Å². The summed E-state index contributed by atoms with van der Waals surface area (Å²) < 4.78 is 26.3. The number of nitrogens with zero attached hydrogens (tertiary/aromatic N) is 2. The molecular formula is C13H19N3O2S. The van der Waals surface area contributed by atoms with Crippen molar-refractivity contribution in [3.8, 4) is 0 Å². The van der Waals surface area contributed by atoms with Crippen molar-refractivity contribution in [2.24, 2.45) is 11.8 Å². The molecule has 0 spiro atoms. The van der Waals surface area contributed by atoms with E-state index in [1.807, 2.05) is 18.2 Å². The highest BCUT2D eigenvalue weighted by molar-refractivity contribution is 7.89. The molecule has 2 aliphatic heterocycles. The Bertz CT molecular complexity index is 520. The first-order chi connectivity index (χ1) is 9.15. The Labute approximate surface area is 114 Å². The van der Waals surface area contributed by atoms with E-state index in [1.54, 1.807) is 10.5 Å². The topological polar surface area (TPSA) is 62.3 Å². The smallest absolute Gasteiger partial charge is 0.214 e. The first-order valence-corrected chi connectivity index (χ1v) is 8.34. The van der Waals surface area contributed by atoms with E-state index in [2.05, 4.69) is 10.3 Å². The van der Waals surface area contributed by atoms with Crippen LogP contribution in [-0.2, 0) is 16.4 Å². The molecule has 1 N–H and O–H groups in total. The fraction of sp³-hybridized carbons (Fsp3) is 0.615. The van der Waals surface area contributed by atoms with Gasteiger partial charge in [-0.2, -0.15) is 0 Å². The second-order valence-electron chi connectivity index (χ2n) is 5.38. The summed E-state index contributed by atoms with van der Waals surface area (Å²) in [7, 11) is -3.13. The second-order valence-corrected chi connectivity index (χ2v) is 7.47. The molecule has 0 aliphatic carbocycles. The number of hydrogen-bond donors (Lipinski definition) is 1. The van der Waals surface area contributed by atoms with Gasteiger partial charge in [0.25, 0.3) is 0 Å². The zero-order valence-electron chi connectivity index (χ0n) is 10.8. The Hall–Kier alpha value is -0.980.